The summed E-state index contributed by atoms with van der Waals surface area (Å²) in [7, 11) is -3.75. The van der Waals surface area contributed by atoms with Crippen molar-refractivity contribution in [2.75, 3.05) is 4.72 Å². The monoisotopic (exact) mass is 390 g/mol. The van der Waals surface area contributed by atoms with E-state index in [2.05, 4.69) is 10.0 Å². The molecule has 0 fully saturated rings. The van der Waals surface area contributed by atoms with Gasteiger partial charge in [0.05, 0.1) is 11.0 Å². The van der Waals surface area contributed by atoms with E-state index >= 15 is 0 Å². The Morgan fingerprint density at radius 2 is 1.52 bits per heavy atom. The first-order valence-corrected chi connectivity index (χ1v) is 10.2. The van der Waals surface area contributed by atoms with Gasteiger partial charge < -0.3 is 10.1 Å². The Kier molecular flexibility index (Phi) is 6.15. The van der Waals surface area contributed by atoms with Gasteiger partial charge in [-0.25, -0.2) is 8.42 Å². The third-order valence-corrected chi connectivity index (χ3v) is 4.79. The van der Waals surface area contributed by atoms with Gasteiger partial charge in [0.1, 0.15) is 5.75 Å². The second kappa shape index (κ2) is 8.00. The molecule has 0 aliphatic rings. The Morgan fingerprint density at radius 1 is 0.963 bits per heavy atom. The van der Waals surface area contributed by atoms with E-state index in [1.807, 2.05) is 34.6 Å². The minimum absolute atomic E-state index is 0.0431. The fourth-order valence-corrected chi connectivity index (χ4v) is 3.34. The number of carbonyl (C=O) groups excluding carboxylic acids is 1. The maximum absolute atomic E-state index is 12.5. The third-order valence-electron chi connectivity index (χ3n) is 3.39. The lowest BCUT2D eigenvalue weighted by molar-refractivity contribution is 0.0919. The van der Waals surface area contributed by atoms with Crippen molar-refractivity contribution < 1.29 is 17.9 Å². The van der Waals surface area contributed by atoms with Crippen LogP contribution in [0.3, 0.4) is 0 Å². The van der Waals surface area contributed by atoms with Crippen LogP contribution < -0.4 is 14.8 Å². The van der Waals surface area contributed by atoms with Crippen molar-refractivity contribution in [3.05, 3.63) is 54.1 Å². The number of ether oxygens (including phenoxy) is 1. The van der Waals surface area contributed by atoms with E-state index in [-0.39, 0.29) is 22.4 Å². The van der Waals surface area contributed by atoms with Gasteiger partial charge >= 0.3 is 0 Å². The van der Waals surface area contributed by atoms with E-state index in [0.29, 0.717) is 17.0 Å². The molecule has 0 bridgehead atoms. The number of rotatable bonds is 6. The van der Waals surface area contributed by atoms with E-state index < -0.39 is 10.0 Å². The molecule has 0 radical (unpaired) electrons. The van der Waals surface area contributed by atoms with Gasteiger partial charge in [-0.2, -0.15) is 0 Å². The molecule has 2 rings (SSSR count). The van der Waals surface area contributed by atoms with Gasteiger partial charge in [-0.3, -0.25) is 9.52 Å². The predicted molar refractivity (Wildman–Crippen MR) is 107 cm³/mol. The Morgan fingerprint density at radius 3 is 2.00 bits per heavy atom. The second-order valence-corrected chi connectivity index (χ2v) is 9.21. The van der Waals surface area contributed by atoms with Crippen LogP contribution >= 0.6 is 0 Å². The first-order chi connectivity index (χ1) is 12.5. The molecule has 7 heteroatoms. The summed E-state index contributed by atoms with van der Waals surface area (Å²) < 4.78 is 33.1. The van der Waals surface area contributed by atoms with Crippen LogP contribution in [0, 0.1) is 0 Å². The van der Waals surface area contributed by atoms with E-state index in [1.165, 1.54) is 24.3 Å². The van der Waals surface area contributed by atoms with Crippen LogP contribution in [0.4, 0.5) is 5.69 Å². The normalized spacial score (nSPS) is 11.9. The Labute approximate surface area is 161 Å². The number of benzene rings is 2. The molecule has 2 aromatic carbocycles. The zero-order chi connectivity index (χ0) is 20.2. The topological polar surface area (TPSA) is 84.5 Å². The van der Waals surface area contributed by atoms with Crippen LogP contribution in [0.15, 0.2) is 53.4 Å². The van der Waals surface area contributed by atoms with Crippen molar-refractivity contribution in [2.45, 2.75) is 51.2 Å². The van der Waals surface area contributed by atoms with Gasteiger partial charge in [-0.05, 0) is 83.1 Å². The molecule has 0 spiro atoms. The molecule has 6 nitrogen and oxygen atoms in total. The molecule has 0 aliphatic heterocycles. The summed E-state index contributed by atoms with van der Waals surface area (Å²) in [5.74, 6) is 0.419. The molecular formula is C20H26N2O4S. The van der Waals surface area contributed by atoms with Crippen molar-refractivity contribution in [3.63, 3.8) is 0 Å². The van der Waals surface area contributed by atoms with Gasteiger partial charge in [0, 0.05) is 16.8 Å². The Balaban J connectivity index is 2.11. The average Bonchev–Trinajstić information content (AvgIpc) is 2.54. The molecule has 2 aromatic rings. The number of hydrogen-bond acceptors (Lipinski definition) is 4. The van der Waals surface area contributed by atoms with Gasteiger partial charge in [0.2, 0.25) is 0 Å². The average molecular weight is 391 g/mol. The molecule has 1 amide bonds. The third kappa shape index (κ3) is 6.29. The maximum Gasteiger partial charge on any atom is 0.261 e. The van der Waals surface area contributed by atoms with Crippen LogP contribution in [0.1, 0.15) is 45.0 Å². The first kappa shape index (κ1) is 20.8. The van der Waals surface area contributed by atoms with Crippen LogP contribution in [0.25, 0.3) is 0 Å². The molecular weight excluding hydrogens is 364 g/mol. The van der Waals surface area contributed by atoms with Crippen LogP contribution in [0.5, 0.6) is 5.75 Å². The van der Waals surface area contributed by atoms with Crippen molar-refractivity contribution in [3.8, 4) is 5.75 Å². The molecule has 0 saturated carbocycles. The molecule has 146 valence electrons. The lowest BCUT2D eigenvalue weighted by atomic mass is 10.1. The molecule has 0 saturated heterocycles. The lowest BCUT2D eigenvalue weighted by Crippen LogP contribution is -2.40. The van der Waals surface area contributed by atoms with Crippen molar-refractivity contribution >= 4 is 21.6 Å². The predicted octanol–water partition coefficient (Wildman–Crippen LogP) is 3.80. The van der Waals surface area contributed by atoms with Gasteiger partial charge in [-0.1, -0.05) is 0 Å². The largest absolute Gasteiger partial charge is 0.491 e. The van der Waals surface area contributed by atoms with E-state index in [0.717, 1.165) is 0 Å². The number of nitrogens with one attached hydrogen (secondary N) is 2. The number of sulfonamides is 1. The van der Waals surface area contributed by atoms with E-state index in [4.69, 9.17) is 4.74 Å². The number of hydrogen-bond donors (Lipinski definition) is 2. The van der Waals surface area contributed by atoms with E-state index in [9.17, 15) is 13.2 Å². The smallest absolute Gasteiger partial charge is 0.261 e. The minimum Gasteiger partial charge on any atom is -0.491 e. The van der Waals surface area contributed by atoms with Gasteiger partial charge in [0.15, 0.2) is 0 Å². The molecule has 0 aromatic heterocycles. The molecule has 0 atom stereocenters. The Hall–Kier alpha value is -2.54. The summed E-state index contributed by atoms with van der Waals surface area (Å²) >= 11 is 0. The highest BCUT2D eigenvalue weighted by molar-refractivity contribution is 7.92. The highest BCUT2D eigenvalue weighted by Gasteiger charge is 2.18. The Bertz CT molecular complexity index is 881. The molecule has 0 aliphatic carbocycles. The summed E-state index contributed by atoms with van der Waals surface area (Å²) in [6.45, 7) is 9.48. The number of anilines is 1. The fraction of sp³-hybridized carbons (Fsp3) is 0.350. The highest BCUT2D eigenvalue weighted by Crippen LogP contribution is 2.20. The quantitative estimate of drug-likeness (QED) is 0.786. The lowest BCUT2D eigenvalue weighted by Gasteiger charge is -2.20. The maximum atomic E-state index is 12.5. The summed E-state index contributed by atoms with van der Waals surface area (Å²) in [6.07, 6.45) is 0.0431. The minimum atomic E-state index is -3.75. The van der Waals surface area contributed by atoms with Crippen LogP contribution in [-0.4, -0.2) is 26.0 Å². The zero-order valence-electron chi connectivity index (χ0n) is 16.2. The highest BCUT2D eigenvalue weighted by atomic mass is 32.2. The van der Waals surface area contributed by atoms with Crippen molar-refractivity contribution in [2.24, 2.45) is 0 Å². The fourth-order valence-electron chi connectivity index (χ4n) is 2.29. The van der Waals surface area contributed by atoms with Gasteiger partial charge in [0.25, 0.3) is 15.9 Å². The van der Waals surface area contributed by atoms with E-state index in [1.54, 1.807) is 24.3 Å². The molecule has 2 N–H and O–H groups in total. The number of amides is 1. The van der Waals surface area contributed by atoms with Crippen molar-refractivity contribution in [1.82, 2.24) is 5.32 Å². The van der Waals surface area contributed by atoms with Crippen LogP contribution in [0.2, 0.25) is 0 Å². The molecule has 0 heterocycles. The summed E-state index contributed by atoms with van der Waals surface area (Å²) in [6, 6.07) is 12.5. The molecule has 0 unspecified atom stereocenters. The summed E-state index contributed by atoms with van der Waals surface area (Å²) in [5, 5.41) is 2.84. The summed E-state index contributed by atoms with van der Waals surface area (Å²) in [5.41, 5.74) is 0.467. The van der Waals surface area contributed by atoms with Crippen LogP contribution in [-0.2, 0) is 10.0 Å². The molecule has 27 heavy (non-hydrogen) atoms. The standard InChI is InChI=1S/C20H26N2O4S/c1-14(2)26-17-10-8-16(9-11-17)22-27(24,25)18-12-6-15(7-13-18)19(23)21-20(3,4)5/h6-14,22H,1-5H3,(H,21,23). The second-order valence-electron chi connectivity index (χ2n) is 7.52. The first-order valence-electron chi connectivity index (χ1n) is 8.68. The summed E-state index contributed by atoms with van der Waals surface area (Å²) in [4.78, 5) is 12.2. The van der Waals surface area contributed by atoms with Crippen molar-refractivity contribution in [1.29, 1.82) is 0 Å². The zero-order valence-corrected chi connectivity index (χ0v) is 17.1. The number of carbonyl (C=O) groups is 1. The SMILES string of the molecule is CC(C)Oc1ccc(NS(=O)(=O)c2ccc(C(=O)NC(C)(C)C)cc2)cc1. The van der Waals surface area contributed by atoms with Gasteiger partial charge in [-0.15, -0.1) is 0 Å².